The van der Waals surface area contributed by atoms with Crippen LogP contribution >= 0.6 is 0 Å². The number of nitriles is 1. The topological polar surface area (TPSA) is 73.2 Å². The van der Waals surface area contributed by atoms with Crippen LogP contribution in [-0.4, -0.2) is 35.8 Å². The third-order valence-corrected chi connectivity index (χ3v) is 4.46. The van der Waals surface area contributed by atoms with Gasteiger partial charge >= 0.3 is 0 Å². The molecule has 0 aromatic heterocycles. The van der Waals surface area contributed by atoms with Crippen molar-refractivity contribution in [3.63, 3.8) is 0 Å². The summed E-state index contributed by atoms with van der Waals surface area (Å²) in [5.74, 6) is -0.726. The molecule has 6 heteroatoms. The zero-order valence-corrected chi connectivity index (χ0v) is 14.1. The van der Waals surface area contributed by atoms with E-state index in [1.54, 1.807) is 29.2 Å². The molecular weight excluding hydrogens is 333 g/mol. The number of piperidine rings is 1. The predicted octanol–water partition coefficient (Wildman–Crippen LogP) is 2.73. The van der Waals surface area contributed by atoms with E-state index in [-0.39, 0.29) is 23.7 Å². The van der Waals surface area contributed by atoms with E-state index in [0.717, 1.165) is 0 Å². The number of nitrogens with zero attached hydrogens (tertiary/aromatic N) is 2. The molecule has 26 heavy (non-hydrogen) atoms. The first kappa shape index (κ1) is 17.6. The molecule has 2 aromatic rings. The van der Waals surface area contributed by atoms with Crippen LogP contribution in [0, 0.1) is 17.1 Å². The average Bonchev–Trinajstić information content (AvgIpc) is 2.68. The lowest BCUT2D eigenvalue weighted by Gasteiger charge is -2.32. The van der Waals surface area contributed by atoms with Gasteiger partial charge in [0.15, 0.2) is 0 Å². The third kappa shape index (κ3) is 4.06. The number of amides is 2. The minimum absolute atomic E-state index is 0.0259. The number of carbonyl (C=O) groups is 2. The van der Waals surface area contributed by atoms with Crippen molar-refractivity contribution in [1.82, 2.24) is 10.2 Å². The van der Waals surface area contributed by atoms with E-state index in [4.69, 9.17) is 5.26 Å². The maximum Gasteiger partial charge on any atom is 0.253 e. The quantitative estimate of drug-likeness (QED) is 0.924. The number of benzene rings is 2. The molecule has 2 aromatic carbocycles. The smallest absolute Gasteiger partial charge is 0.253 e. The maximum atomic E-state index is 12.9. The summed E-state index contributed by atoms with van der Waals surface area (Å²) >= 11 is 0. The Bertz CT molecular complexity index is 850. The van der Waals surface area contributed by atoms with Crippen molar-refractivity contribution in [2.45, 2.75) is 18.9 Å². The Morgan fingerprint density at radius 1 is 1.08 bits per heavy atom. The Morgan fingerprint density at radius 3 is 2.42 bits per heavy atom. The first-order valence-corrected chi connectivity index (χ1v) is 8.42. The highest BCUT2D eigenvalue weighted by Crippen LogP contribution is 2.15. The molecule has 5 nitrogen and oxygen atoms in total. The standard InChI is InChI=1S/C20H18FN3O2/c21-17-6-4-15(5-7-17)19(25)23-18-8-10-24(11-9-18)20(26)16-3-1-2-14(12-16)13-22/h1-7,12,18H,8-11H2,(H,23,25). The molecule has 1 saturated heterocycles. The van der Waals surface area contributed by atoms with Crippen LogP contribution in [0.3, 0.4) is 0 Å². The Morgan fingerprint density at radius 2 is 1.77 bits per heavy atom. The van der Waals surface area contributed by atoms with E-state index in [9.17, 15) is 14.0 Å². The van der Waals surface area contributed by atoms with Gasteiger partial charge in [0.2, 0.25) is 0 Å². The van der Waals surface area contributed by atoms with Gasteiger partial charge in [0.25, 0.3) is 11.8 Å². The van der Waals surface area contributed by atoms with Crippen LogP contribution in [0.25, 0.3) is 0 Å². The highest BCUT2D eigenvalue weighted by atomic mass is 19.1. The van der Waals surface area contributed by atoms with Crippen LogP contribution in [0.15, 0.2) is 48.5 Å². The Hall–Kier alpha value is -3.20. The van der Waals surface area contributed by atoms with E-state index in [1.165, 1.54) is 24.3 Å². The van der Waals surface area contributed by atoms with Crippen LogP contribution in [0.1, 0.15) is 39.1 Å². The molecule has 3 rings (SSSR count). The van der Waals surface area contributed by atoms with Gasteiger partial charge in [-0.1, -0.05) is 6.07 Å². The first-order chi connectivity index (χ1) is 12.6. The van der Waals surface area contributed by atoms with E-state index in [2.05, 4.69) is 5.32 Å². The van der Waals surface area contributed by atoms with Gasteiger partial charge in [-0.05, 0) is 55.3 Å². The molecule has 0 spiro atoms. The van der Waals surface area contributed by atoms with Crippen LogP contribution < -0.4 is 5.32 Å². The van der Waals surface area contributed by atoms with Crippen LogP contribution in [-0.2, 0) is 0 Å². The summed E-state index contributed by atoms with van der Waals surface area (Å²) in [6.07, 6.45) is 1.30. The number of likely N-dealkylation sites (tertiary alicyclic amines) is 1. The number of halogens is 1. The Labute approximate surface area is 151 Å². The van der Waals surface area contributed by atoms with Crippen molar-refractivity contribution >= 4 is 11.8 Å². The molecule has 1 N–H and O–H groups in total. The van der Waals surface area contributed by atoms with Crippen LogP contribution in [0.5, 0.6) is 0 Å². The Kier molecular flexibility index (Phi) is 5.28. The van der Waals surface area contributed by atoms with Gasteiger partial charge in [0, 0.05) is 30.3 Å². The number of hydrogen-bond acceptors (Lipinski definition) is 3. The molecule has 0 radical (unpaired) electrons. The summed E-state index contributed by atoms with van der Waals surface area (Å²) in [6, 6.07) is 14.1. The van der Waals surface area contributed by atoms with Crippen molar-refractivity contribution in [1.29, 1.82) is 5.26 Å². The van der Waals surface area contributed by atoms with Gasteiger partial charge in [-0.2, -0.15) is 5.26 Å². The van der Waals surface area contributed by atoms with E-state index >= 15 is 0 Å². The molecule has 0 saturated carbocycles. The SMILES string of the molecule is N#Cc1cccc(C(=O)N2CCC(NC(=O)c3ccc(F)cc3)CC2)c1. The van der Waals surface area contributed by atoms with E-state index < -0.39 is 0 Å². The summed E-state index contributed by atoms with van der Waals surface area (Å²) in [7, 11) is 0. The van der Waals surface area contributed by atoms with Gasteiger partial charge in [-0.15, -0.1) is 0 Å². The van der Waals surface area contributed by atoms with E-state index in [1.807, 2.05) is 6.07 Å². The minimum Gasteiger partial charge on any atom is -0.349 e. The lowest BCUT2D eigenvalue weighted by Crippen LogP contribution is -2.46. The fraction of sp³-hybridized carbons (Fsp3) is 0.250. The second-order valence-electron chi connectivity index (χ2n) is 6.24. The highest BCUT2D eigenvalue weighted by molar-refractivity contribution is 5.95. The number of carbonyl (C=O) groups excluding carboxylic acids is 2. The summed E-state index contributed by atoms with van der Waals surface area (Å²) in [5, 5.41) is 11.9. The molecule has 1 fully saturated rings. The summed E-state index contributed by atoms with van der Waals surface area (Å²) in [4.78, 5) is 26.5. The fourth-order valence-electron chi connectivity index (χ4n) is 3.00. The summed E-state index contributed by atoms with van der Waals surface area (Å²) < 4.78 is 12.9. The zero-order chi connectivity index (χ0) is 18.5. The predicted molar refractivity (Wildman–Crippen MR) is 93.9 cm³/mol. The van der Waals surface area contributed by atoms with Crippen molar-refractivity contribution in [2.24, 2.45) is 0 Å². The molecule has 1 aliphatic heterocycles. The monoisotopic (exact) mass is 351 g/mol. The fourth-order valence-corrected chi connectivity index (χ4v) is 3.00. The molecule has 1 aliphatic rings. The summed E-state index contributed by atoms with van der Waals surface area (Å²) in [6.45, 7) is 1.06. The first-order valence-electron chi connectivity index (χ1n) is 8.42. The molecule has 0 bridgehead atoms. The zero-order valence-electron chi connectivity index (χ0n) is 14.1. The minimum atomic E-state index is -0.381. The number of nitrogens with one attached hydrogen (secondary N) is 1. The largest absolute Gasteiger partial charge is 0.349 e. The lowest BCUT2D eigenvalue weighted by atomic mass is 10.0. The van der Waals surface area contributed by atoms with Gasteiger partial charge in [0.05, 0.1) is 11.6 Å². The summed E-state index contributed by atoms with van der Waals surface area (Å²) in [5.41, 5.74) is 1.37. The Balaban J connectivity index is 1.55. The highest BCUT2D eigenvalue weighted by Gasteiger charge is 2.25. The van der Waals surface area contributed by atoms with Crippen LogP contribution in [0.4, 0.5) is 4.39 Å². The van der Waals surface area contributed by atoms with Crippen molar-refractivity contribution in [3.05, 3.63) is 71.0 Å². The van der Waals surface area contributed by atoms with Crippen molar-refractivity contribution < 1.29 is 14.0 Å². The molecule has 0 unspecified atom stereocenters. The second kappa shape index (κ2) is 7.79. The number of rotatable bonds is 3. The molecule has 132 valence electrons. The third-order valence-electron chi connectivity index (χ3n) is 4.46. The van der Waals surface area contributed by atoms with Gasteiger partial charge < -0.3 is 10.2 Å². The molecular formula is C20H18FN3O2. The molecule has 0 atom stereocenters. The normalized spacial score (nSPS) is 14.5. The maximum absolute atomic E-state index is 12.9. The molecule has 2 amide bonds. The van der Waals surface area contributed by atoms with Crippen molar-refractivity contribution in [3.8, 4) is 6.07 Å². The molecule has 0 aliphatic carbocycles. The van der Waals surface area contributed by atoms with Crippen LogP contribution in [0.2, 0.25) is 0 Å². The second-order valence-corrected chi connectivity index (χ2v) is 6.24. The molecule has 1 heterocycles. The van der Waals surface area contributed by atoms with E-state index in [0.29, 0.717) is 42.6 Å². The average molecular weight is 351 g/mol. The lowest BCUT2D eigenvalue weighted by molar-refractivity contribution is 0.0698. The van der Waals surface area contributed by atoms with Gasteiger partial charge in [-0.3, -0.25) is 9.59 Å². The van der Waals surface area contributed by atoms with Gasteiger partial charge in [0.1, 0.15) is 5.82 Å². The number of hydrogen-bond donors (Lipinski definition) is 1. The van der Waals surface area contributed by atoms with Crippen molar-refractivity contribution in [2.75, 3.05) is 13.1 Å². The van der Waals surface area contributed by atoms with Gasteiger partial charge in [-0.25, -0.2) is 4.39 Å².